The summed E-state index contributed by atoms with van der Waals surface area (Å²) in [5, 5.41) is 3.37. The second-order valence-electron chi connectivity index (χ2n) is 4.83. The van der Waals surface area contributed by atoms with Gasteiger partial charge < -0.3 is 11.1 Å². The largest absolute Gasteiger partial charge is 0.397 e. The van der Waals surface area contributed by atoms with Crippen LogP contribution in [0.5, 0.6) is 0 Å². The summed E-state index contributed by atoms with van der Waals surface area (Å²) < 4.78 is 0. The zero-order chi connectivity index (χ0) is 15.1. The van der Waals surface area contributed by atoms with Gasteiger partial charge in [-0.3, -0.25) is 9.69 Å². The smallest absolute Gasteiger partial charge is 0.238 e. The fourth-order valence-corrected chi connectivity index (χ4v) is 2.49. The Kier molecular flexibility index (Phi) is 7.19. The summed E-state index contributed by atoms with van der Waals surface area (Å²) in [6, 6.07) is 5.42. The maximum absolute atomic E-state index is 12.0. The molecule has 0 fully saturated rings. The van der Waals surface area contributed by atoms with Crippen LogP contribution in [0.15, 0.2) is 18.2 Å². The lowest BCUT2D eigenvalue weighted by molar-refractivity contribution is -0.117. The number of amides is 1. The third-order valence-corrected chi connectivity index (χ3v) is 4.05. The minimum absolute atomic E-state index is 0.0717. The predicted octanol–water partition coefficient (Wildman–Crippen LogP) is 2.93. The number of rotatable bonds is 7. The lowest BCUT2D eigenvalue weighted by atomic mass is 10.2. The fraction of sp³-hybridized carbons (Fsp3) is 0.500. The molecule has 20 heavy (non-hydrogen) atoms. The number of anilines is 2. The van der Waals surface area contributed by atoms with Gasteiger partial charge in [-0.15, -0.1) is 0 Å². The third-order valence-electron chi connectivity index (χ3n) is 3.17. The van der Waals surface area contributed by atoms with Crippen molar-refractivity contribution in [1.82, 2.24) is 4.90 Å². The molecule has 112 valence electrons. The van der Waals surface area contributed by atoms with E-state index in [0.717, 1.165) is 12.2 Å². The van der Waals surface area contributed by atoms with E-state index in [1.54, 1.807) is 18.2 Å². The maximum Gasteiger partial charge on any atom is 0.238 e. The molecule has 0 saturated carbocycles. The van der Waals surface area contributed by atoms with Gasteiger partial charge in [0.1, 0.15) is 0 Å². The molecule has 1 aromatic carbocycles. The monoisotopic (exact) mass is 315 g/mol. The highest BCUT2D eigenvalue weighted by atomic mass is 35.5. The number of carbonyl (C=O) groups is 1. The SMILES string of the molecule is CSCCC(C)N(C)CC(=O)Nc1ccc(Cl)cc1N. The van der Waals surface area contributed by atoms with Crippen LogP contribution in [0.2, 0.25) is 5.02 Å². The van der Waals surface area contributed by atoms with Gasteiger partial charge in [-0.1, -0.05) is 11.6 Å². The summed E-state index contributed by atoms with van der Waals surface area (Å²) in [5.74, 6) is 1.02. The van der Waals surface area contributed by atoms with Gasteiger partial charge >= 0.3 is 0 Å². The molecule has 3 N–H and O–H groups in total. The number of halogens is 1. The molecule has 0 radical (unpaired) electrons. The molecule has 1 aromatic rings. The zero-order valence-electron chi connectivity index (χ0n) is 12.1. The first kappa shape index (κ1) is 17.1. The van der Waals surface area contributed by atoms with E-state index in [4.69, 9.17) is 17.3 Å². The number of benzene rings is 1. The molecule has 0 aliphatic rings. The first-order valence-corrected chi connectivity index (χ1v) is 8.25. The van der Waals surface area contributed by atoms with Gasteiger partial charge in [-0.05, 0) is 50.6 Å². The number of thioether (sulfide) groups is 1. The number of carbonyl (C=O) groups excluding carboxylic acids is 1. The van der Waals surface area contributed by atoms with Crippen LogP contribution in [-0.4, -0.2) is 42.4 Å². The van der Waals surface area contributed by atoms with Crippen LogP contribution in [0.1, 0.15) is 13.3 Å². The van der Waals surface area contributed by atoms with Crippen molar-refractivity contribution in [3.63, 3.8) is 0 Å². The third kappa shape index (κ3) is 5.61. The highest BCUT2D eigenvalue weighted by Gasteiger charge is 2.13. The molecular weight excluding hydrogens is 294 g/mol. The van der Waals surface area contributed by atoms with Crippen molar-refractivity contribution >= 4 is 40.6 Å². The molecule has 4 nitrogen and oxygen atoms in total. The van der Waals surface area contributed by atoms with Crippen LogP contribution in [-0.2, 0) is 4.79 Å². The predicted molar refractivity (Wildman–Crippen MR) is 89.6 cm³/mol. The molecule has 6 heteroatoms. The Morgan fingerprint density at radius 2 is 2.25 bits per heavy atom. The van der Waals surface area contributed by atoms with Gasteiger partial charge in [0, 0.05) is 11.1 Å². The number of likely N-dealkylation sites (N-methyl/N-ethyl adjacent to an activating group) is 1. The van der Waals surface area contributed by atoms with Crippen LogP contribution >= 0.6 is 23.4 Å². The van der Waals surface area contributed by atoms with Crippen LogP contribution in [0.3, 0.4) is 0 Å². The van der Waals surface area contributed by atoms with Crippen molar-refractivity contribution in [3.8, 4) is 0 Å². The van der Waals surface area contributed by atoms with Gasteiger partial charge in [0.05, 0.1) is 17.9 Å². The second-order valence-corrected chi connectivity index (χ2v) is 6.25. The van der Waals surface area contributed by atoms with Crippen molar-refractivity contribution in [2.45, 2.75) is 19.4 Å². The highest BCUT2D eigenvalue weighted by Crippen LogP contribution is 2.22. The molecule has 0 saturated heterocycles. The molecule has 1 unspecified atom stereocenters. The molecule has 0 aliphatic carbocycles. The van der Waals surface area contributed by atoms with Crippen LogP contribution in [0.25, 0.3) is 0 Å². The number of nitrogens with one attached hydrogen (secondary N) is 1. The lowest BCUT2D eigenvalue weighted by Gasteiger charge is -2.24. The zero-order valence-corrected chi connectivity index (χ0v) is 13.7. The second kappa shape index (κ2) is 8.39. The minimum Gasteiger partial charge on any atom is -0.397 e. The van der Waals surface area contributed by atoms with E-state index in [2.05, 4.69) is 18.5 Å². The van der Waals surface area contributed by atoms with Crippen molar-refractivity contribution in [2.24, 2.45) is 0 Å². The maximum atomic E-state index is 12.0. The normalized spacial score (nSPS) is 12.4. The van der Waals surface area contributed by atoms with Gasteiger partial charge in [-0.25, -0.2) is 0 Å². The van der Waals surface area contributed by atoms with Crippen LogP contribution in [0.4, 0.5) is 11.4 Å². The average Bonchev–Trinajstić information content (AvgIpc) is 2.39. The molecule has 0 aromatic heterocycles. The summed E-state index contributed by atoms with van der Waals surface area (Å²) in [7, 11) is 1.95. The van der Waals surface area contributed by atoms with Gasteiger partial charge in [0.15, 0.2) is 0 Å². The first-order valence-electron chi connectivity index (χ1n) is 6.48. The van der Waals surface area contributed by atoms with E-state index in [-0.39, 0.29) is 5.91 Å². The number of nitrogens with zero attached hydrogens (tertiary/aromatic N) is 1. The van der Waals surface area contributed by atoms with E-state index in [1.807, 2.05) is 23.7 Å². The molecule has 0 heterocycles. The molecule has 1 amide bonds. The van der Waals surface area contributed by atoms with Crippen molar-refractivity contribution in [3.05, 3.63) is 23.2 Å². The summed E-state index contributed by atoms with van der Waals surface area (Å²) >= 11 is 7.64. The quantitative estimate of drug-likeness (QED) is 0.760. The van der Waals surface area contributed by atoms with E-state index >= 15 is 0 Å². The first-order chi connectivity index (χ1) is 9.43. The van der Waals surface area contributed by atoms with Gasteiger partial charge in [0.25, 0.3) is 0 Å². The van der Waals surface area contributed by atoms with Crippen LogP contribution < -0.4 is 11.1 Å². The summed E-state index contributed by atoms with van der Waals surface area (Å²) in [5.41, 5.74) is 6.89. The van der Waals surface area contributed by atoms with E-state index in [1.165, 1.54) is 0 Å². The van der Waals surface area contributed by atoms with Gasteiger partial charge in [0.2, 0.25) is 5.91 Å². The molecule has 1 rings (SSSR count). The number of nitrogen functional groups attached to an aromatic ring is 1. The number of nitrogens with two attached hydrogens (primary N) is 1. The Morgan fingerprint density at radius 1 is 1.55 bits per heavy atom. The minimum atomic E-state index is -0.0717. The highest BCUT2D eigenvalue weighted by molar-refractivity contribution is 7.98. The molecule has 0 bridgehead atoms. The summed E-state index contributed by atoms with van der Waals surface area (Å²) in [4.78, 5) is 14.0. The molecule has 1 atom stereocenters. The van der Waals surface area contributed by atoms with Gasteiger partial charge in [-0.2, -0.15) is 11.8 Å². The fourth-order valence-electron chi connectivity index (χ4n) is 1.73. The Balaban J connectivity index is 2.50. The average molecular weight is 316 g/mol. The summed E-state index contributed by atoms with van der Waals surface area (Å²) in [6.07, 6.45) is 3.15. The Bertz CT molecular complexity index is 456. The number of hydrogen-bond donors (Lipinski definition) is 2. The number of hydrogen-bond acceptors (Lipinski definition) is 4. The molecule has 0 spiro atoms. The summed E-state index contributed by atoms with van der Waals surface area (Å²) in [6.45, 7) is 2.47. The molecule has 0 aliphatic heterocycles. The topological polar surface area (TPSA) is 58.4 Å². The molecular formula is C14H22ClN3OS. The standard InChI is InChI=1S/C14H22ClN3OS/c1-10(6-7-20-3)18(2)9-14(19)17-13-5-4-11(15)8-12(13)16/h4-5,8,10H,6-7,9,16H2,1-3H3,(H,17,19). The Labute approximate surface area is 130 Å². The van der Waals surface area contributed by atoms with Crippen molar-refractivity contribution in [1.29, 1.82) is 0 Å². The van der Waals surface area contributed by atoms with Crippen molar-refractivity contribution in [2.75, 3.05) is 36.7 Å². The van der Waals surface area contributed by atoms with Crippen LogP contribution in [0, 0.1) is 0 Å². The van der Waals surface area contributed by atoms with Crippen molar-refractivity contribution < 1.29 is 4.79 Å². The lowest BCUT2D eigenvalue weighted by Crippen LogP contribution is -2.36. The Morgan fingerprint density at radius 3 is 2.85 bits per heavy atom. The van der Waals surface area contributed by atoms with E-state index in [9.17, 15) is 4.79 Å². The van der Waals surface area contributed by atoms with E-state index < -0.39 is 0 Å². The van der Waals surface area contributed by atoms with E-state index in [0.29, 0.717) is 29.0 Å². The Hall–Kier alpha value is -0.910.